The van der Waals surface area contributed by atoms with Gasteiger partial charge in [-0.1, -0.05) is 123 Å². The van der Waals surface area contributed by atoms with Gasteiger partial charge in [0.2, 0.25) is 0 Å². The van der Waals surface area contributed by atoms with Gasteiger partial charge in [0.1, 0.15) is 0 Å². The molecule has 0 amide bonds. The van der Waals surface area contributed by atoms with E-state index in [1.165, 1.54) is 72.7 Å². The zero-order valence-electron chi connectivity index (χ0n) is 23.4. The largest absolute Gasteiger partial charge is 0.310 e. The molecule has 0 N–H and O–H groups in total. The van der Waals surface area contributed by atoms with Crippen LogP contribution in [-0.4, -0.2) is 0 Å². The molecule has 0 bridgehead atoms. The zero-order chi connectivity index (χ0) is 27.6. The molecule has 0 spiro atoms. The summed E-state index contributed by atoms with van der Waals surface area (Å²) in [6.45, 7) is 4.71. The van der Waals surface area contributed by atoms with Gasteiger partial charge in [0.05, 0.1) is 5.69 Å². The molecule has 0 radical (unpaired) electrons. The van der Waals surface area contributed by atoms with Crippen molar-refractivity contribution >= 4 is 17.1 Å². The molecule has 0 heterocycles. The average molecular weight is 526 g/mol. The van der Waals surface area contributed by atoms with Gasteiger partial charge < -0.3 is 4.90 Å². The Balaban J connectivity index is 1.34. The van der Waals surface area contributed by atoms with Gasteiger partial charge in [-0.15, -0.1) is 0 Å². The Hall–Kier alpha value is -4.88. The van der Waals surface area contributed by atoms with Crippen LogP contribution >= 0.6 is 0 Å². The molecule has 1 heteroatoms. The first-order valence-corrected chi connectivity index (χ1v) is 14.5. The van der Waals surface area contributed by atoms with E-state index in [0.29, 0.717) is 0 Å². The smallest absolute Gasteiger partial charge is 0.0540 e. The van der Waals surface area contributed by atoms with Crippen LogP contribution in [0.1, 0.15) is 36.1 Å². The highest BCUT2D eigenvalue weighted by Crippen LogP contribution is 2.51. The molecule has 0 aromatic heterocycles. The van der Waals surface area contributed by atoms with E-state index in [2.05, 4.69) is 158 Å². The second-order valence-corrected chi connectivity index (χ2v) is 11.8. The van der Waals surface area contributed by atoms with E-state index in [1.54, 1.807) is 0 Å². The Morgan fingerprint density at radius 2 is 1.05 bits per heavy atom. The number of hydrogen-bond acceptors (Lipinski definition) is 1. The number of benzene rings is 6. The lowest BCUT2D eigenvalue weighted by Gasteiger charge is -2.30. The van der Waals surface area contributed by atoms with Crippen LogP contribution in [0.4, 0.5) is 17.1 Å². The van der Waals surface area contributed by atoms with Gasteiger partial charge >= 0.3 is 0 Å². The normalized spacial score (nSPS) is 13.7. The number of fused-ring (bicyclic) bond motifs is 6. The Labute approximate surface area is 242 Å². The van der Waals surface area contributed by atoms with Crippen molar-refractivity contribution in [3.8, 4) is 33.4 Å². The van der Waals surface area contributed by atoms with Crippen molar-refractivity contribution in [3.05, 3.63) is 162 Å². The molecule has 6 aromatic rings. The van der Waals surface area contributed by atoms with Crippen LogP contribution in [0.5, 0.6) is 0 Å². The Bertz CT molecular complexity index is 1950. The summed E-state index contributed by atoms with van der Waals surface area (Å²) in [6, 6.07) is 51.3. The van der Waals surface area contributed by atoms with Crippen molar-refractivity contribution < 1.29 is 0 Å². The maximum absolute atomic E-state index is 2.46. The summed E-state index contributed by atoms with van der Waals surface area (Å²) >= 11 is 0. The number of nitrogens with zero attached hydrogens (tertiary/aromatic N) is 1. The van der Waals surface area contributed by atoms with Gasteiger partial charge in [0, 0.05) is 22.4 Å². The fourth-order valence-corrected chi connectivity index (χ4v) is 7.06. The quantitative estimate of drug-likeness (QED) is 0.221. The van der Waals surface area contributed by atoms with E-state index in [-0.39, 0.29) is 5.41 Å². The first kappa shape index (κ1) is 24.0. The van der Waals surface area contributed by atoms with Crippen LogP contribution < -0.4 is 4.90 Å². The van der Waals surface area contributed by atoms with E-state index < -0.39 is 0 Å². The lowest BCUT2D eigenvalue weighted by molar-refractivity contribution is 0.660. The van der Waals surface area contributed by atoms with Crippen molar-refractivity contribution in [2.45, 2.75) is 25.7 Å². The van der Waals surface area contributed by atoms with Gasteiger partial charge in [-0.3, -0.25) is 0 Å². The first-order valence-electron chi connectivity index (χ1n) is 14.5. The van der Waals surface area contributed by atoms with E-state index in [9.17, 15) is 0 Å². The highest BCUT2D eigenvalue weighted by molar-refractivity contribution is 5.91. The maximum Gasteiger partial charge on any atom is 0.0540 e. The lowest BCUT2D eigenvalue weighted by Crippen LogP contribution is -2.17. The fourth-order valence-electron chi connectivity index (χ4n) is 7.06. The predicted molar refractivity (Wildman–Crippen MR) is 172 cm³/mol. The van der Waals surface area contributed by atoms with Gasteiger partial charge in [-0.2, -0.15) is 0 Å². The van der Waals surface area contributed by atoms with Crippen LogP contribution in [0, 0.1) is 0 Å². The second-order valence-electron chi connectivity index (χ2n) is 11.8. The van der Waals surface area contributed by atoms with Crippen LogP contribution in [0.25, 0.3) is 33.4 Å². The van der Waals surface area contributed by atoms with Gasteiger partial charge in [-0.05, 0) is 86.8 Å². The summed E-state index contributed by atoms with van der Waals surface area (Å²) in [5.41, 5.74) is 16.9. The van der Waals surface area contributed by atoms with E-state index in [1.807, 2.05) is 0 Å². The summed E-state index contributed by atoms with van der Waals surface area (Å²) in [5, 5.41) is 0. The topological polar surface area (TPSA) is 3.24 Å². The molecule has 0 saturated carbocycles. The third kappa shape index (κ3) is 3.69. The summed E-state index contributed by atoms with van der Waals surface area (Å²) in [7, 11) is 0. The van der Waals surface area contributed by atoms with Gasteiger partial charge in [0.25, 0.3) is 0 Å². The minimum Gasteiger partial charge on any atom is -0.310 e. The Morgan fingerprint density at radius 3 is 1.88 bits per heavy atom. The molecule has 0 fully saturated rings. The van der Waals surface area contributed by atoms with E-state index in [4.69, 9.17) is 0 Å². The molecule has 8 rings (SSSR count). The van der Waals surface area contributed by atoms with Crippen molar-refractivity contribution in [2.75, 3.05) is 4.90 Å². The summed E-state index contributed by atoms with van der Waals surface area (Å²) < 4.78 is 0. The maximum atomic E-state index is 2.46. The standard InChI is InChI=1S/C40H31N/c1-40(2)37-18-10-8-17-35(37)36-23-21-31(26-38(36)40)41(39-19-11-9-16-34(39)27-12-4-3-5-13-27)30-20-22-33-29(25-30)24-28-14-6-7-15-32(28)33/h3-23,25-26H,24H2,1-2H3. The Morgan fingerprint density at radius 1 is 0.463 bits per heavy atom. The molecule has 41 heavy (non-hydrogen) atoms. The predicted octanol–water partition coefficient (Wildman–Crippen LogP) is 10.7. The molecule has 0 aliphatic heterocycles. The molecule has 6 aromatic carbocycles. The lowest BCUT2D eigenvalue weighted by atomic mass is 9.82. The molecule has 0 unspecified atom stereocenters. The molecular weight excluding hydrogens is 494 g/mol. The van der Waals surface area contributed by atoms with Crippen LogP contribution in [0.3, 0.4) is 0 Å². The molecule has 0 atom stereocenters. The summed E-state index contributed by atoms with van der Waals surface area (Å²) in [4.78, 5) is 2.46. The van der Waals surface area contributed by atoms with Crippen molar-refractivity contribution in [2.24, 2.45) is 0 Å². The number of anilines is 3. The van der Waals surface area contributed by atoms with Crippen molar-refractivity contribution in [1.82, 2.24) is 0 Å². The molecular formula is C40H31N. The van der Waals surface area contributed by atoms with Crippen LogP contribution in [0.2, 0.25) is 0 Å². The zero-order valence-corrected chi connectivity index (χ0v) is 23.4. The molecule has 0 saturated heterocycles. The van der Waals surface area contributed by atoms with Gasteiger partial charge in [0.15, 0.2) is 0 Å². The van der Waals surface area contributed by atoms with E-state index >= 15 is 0 Å². The molecule has 2 aliphatic rings. The minimum atomic E-state index is -0.0634. The highest BCUT2D eigenvalue weighted by Gasteiger charge is 2.36. The Kier molecular flexibility index (Phi) is 5.30. The monoisotopic (exact) mass is 525 g/mol. The van der Waals surface area contributed by atoms with Crippen molar-refractivity contribution in [3.63, 3.8) is 0 Å². The second kappa shape index (κ2) is 9.08. The van der Waals surface area contributed by atoms with Gasteiger partial charge in [-0.25, -0.2) is 0 Å². The van der Waals surface area contributed by atoms with E-state index in [0.717, 1.165) is 6.42 Å². The molecule has 1 nitrogen and oxygen atoms in total. The number of para-hydroxylation sites is 1. The third-order valence-electron chi connectivity index (χ3n) is 9.09. The van der Waals surface area contributed by atoms with Crippen LogP contribution in [0.15, 0.2) is 140 Å². The third-order valence-corrected chi connectivity index (χ3v) is 9.09. The summed E-state index contributed by atoms with van der Waals surface area (Å²) in [6.07, 6.45) is 0.972. The number of rotatable bonds is 4. The summed E-state index contributed by atoms with van der Waals surface area (Å²) in [5.74, 6) is 0. The van der Waals surface area contributed by atoms with Crippen LogP contribution in [-0.2, 0) is 11.8 Å². The molecule has 2 aliphatic carbocycles. The van der Waals surface area contributed by atoms with Crippen molar-refractivity contribution in [1.29, 1.82) is 0 Å². The fraction of sp³-hybridized carbons (Fsp3) is 0.100. The SMILES string of the molecule is CC1(C)c2ccccc2-c2ccc(N(c3ccc4c(c3)Cc3ccccc3-4)c3ccccc3-c3ccccc3)cc21. The minimum absolute atomic E-state index is 0.0634. The average Bonchev–Trinajstić information content (AvgIpc) is 3.50. The first-order chi connectivity index (χ1) is 20.1. The molecule has 196 valence electrons. The highest BCUT2D eigenvalue weighted by atomic mass is 15.1. The number of hydrogen-bond donors (Lipinski definition) is 0.